The van der Waals surface area contributed by atoms with Crippen LogP contribution in [0.1, 0.15) is 21.5 Å². The van der Waals surface area contributed by atoms with Gasteiger partial charge in [-0.3, -0.25) is 4.79 Å². The molecule has 0 spiro atoms. The Morgan fingerprint density at radius 2 is 2.05 bits per heavy atom. The summed E-state index contributed by atoms with van der Waals surface area (Å²) in [6, 6.07) is 12.6. The number of carbonyl (C=O) groups is 1. The van der Waals surface area contributed by atoms with Gasteiger partial charge < -0.3 is 5.32 Å². The molecule has 4 heteroatoms. The van der Waals surface area contributed by atoms with Crippen molar-refractivity contribution in [3.05, 3.63) is 65.0 Å². The number of hydrogen-bond acceptors (Lipinski definition) is 2. The zero-order valence-electron chi connectivity index (χ0n) is 10.3. The van der Waals surface area contributed by atoms with Crippen LogP contribution in [-0.2, 0) is 0 Å². The van der Waals surface area contributed by atoms with Gasteiger partial charge in [-0.05, 0) is 42.8 Å². The molecule has 3 nitrogen and oxygen atoms in total. The largest absolute Gasteiger partial charge is 0.322 e. The summed E-state index contributed by atoms with van der Waals surface area (Å²) in [6.07, 6.45) is 0. The third-order valence-corrected chi connectivity index (χ3v) is 2.69. The number of nitriles is 1. The fraction of sp³-hybridized carbons (Fsp3) is 0.0667. The summed E-state index contributed by atoms with van der Waals surface area (Å²) in [5.74, 6) is -0.853. The second-order valence-electron chi connectivity index (χ2n) is 4.11. The molecule has 2 aromatic carbocycles. The van der Waals surface area contributed by atoms with Crippen LogP contribution in [0.25, 0.3) is 0 Å². The molecule has 19 heavy (non-hydrogen) atoms. The van der Waals surface area contributed by atoms with Gasteiger partial charge in [0.25, 0.3) is 5.91 Å². The topological polar surface area (TPSA) is 52.9 Å². The number of nitrogens with one attached hydrogen (secondary N) is 1. The van der Waals surface area contributed by atoms with Crippen LogP contribution in [0.2, 0.25) is 0 Å². The Labute approximate surface area is 110 Å². The van der Waals surface area contributed by atoms with Crippen molar-refractivity contribution in [3.8, 4) is 6.07 Å². The van der Waals surface area contributed by atoms with Crippen LogP contribution in [0.4, 0.5) is 10.1 Å². The highest BCUT2D eigenvalue weighted by atomic mass is 19.1. The molecule has 0 aliphatic carbocycles. The lowest BCUT2D eigenvalue weighted by Crippen LogP contribution is -2.13. The van der Waals surface area contributed by atoms with E-state index < -0.39 is 11.7 Å². The molecule has 0 radical (unpaired) electrons. The van der Waals surface area contributed by atoms with Crippen LogP contribution in [0, 0.1) is 24.1 Å². The van der Waals surface area contributed by atoms with Crippen LogP contribution in [-0.4, -0.2) is 5.91 Å². The third kappa shape index (κ3) is 2.96. The van der Waals surface area contributed by atoms with Gasteiger partial charge >= 0.3 is 0 Å². The molecule has 0 aromatic heterocycles. The van der Waals surface area contributed by atoms with E-state index in [0.29, 0.717) is 16.8 Å². The minimum atomic E-state index is -0.457. The van der Waals surface area contributed by atoms with Gasteiger partial charge in [-0.25, -0.2) is 4.39 Å². The molecule has 0 atom stereocenters. The minimum absolute atomic E-state index is 0.280. The first-order valence-electron chi connectivity index (χ1n) is 5.68. The van der Waals surface area contributed by atoms with Crippen molar-refractivity contribution in [2.45, 2.75) is 6.92 Å². The van der Waals surface area contributed by atoms with Gasteiger partial charge in [-0.2, -0.15) is 5.26 Å². The van der Waals surface area contributed by atoms with Gasteiger partial charge in [-0.15, -0.1) is 0 Å². The fourth-order valence-electron chi connectivity index (χ4n) is 1.70. The van der Waals surface area contributed by atoms with E-state index in [1.165, 1.54) is 12.1 Å². The molecule has 0 unspecified atom stereocenters. The van der Waals surface area contributed by atoms with E-state index in [-0.39, 0.29) is 5.56 Å². The summed E-state index contributed by atoms with van der Waals surface area (Å²) in [5, 5.41) is 11.4. The smallest absolute Gasteiger partial charge is 0.256 e. The molecule has 1 N–H and O–H groups in total. The number of aryl methyl sites for hydroxylation is 1. The van der Waals surface area contributed by atoms with E-state index >= 15 is 0 Å². The van der Waals surface area contributed by atoms with Gasteiger partial charge in [0, 0.05) is 11.3 Å². The highest BCUT2D eigenvalue weighted by molar-refractivity contribution is 6.05. The van der Waals surface area contributed by atoms with Gasteiger partial charge in [0.2, 0.25) is 0 Å². The van der Waals surface area contributed by atoms with Crippen LogP contribution in [0.5, 0.6) is 0 Å². The number of rotatable bonds is 2. The number of nitrogens with zero attached hydrogens (tertiary/aromatic N) is 1. The molecular weight excluding hydrogens is 243 g/mol. The van der Waals surface area contributed by atoms with E-state index in [9.17, 15) is 9.18 Å². The van der Waals surface area contributed by atoms with Crippen LogP contribution in [0.15, 0.2) is 42.5 Å². The molecule has 0 aliphatic heterocycles. The van der Waals surface area contributed by atoms with Crippen LogP contribution >= 0.6 is 0 Å². The quantitative estimate of drug-likeness (QED) is 0.894. The second kappa shape index (κ2) is 5.32. The second-order valence-corrected chi connectivity index (χ2v) is 4.11. The highest BCUT2D eigenvalue weighted by Crippen LogP contribution is 2.15. The zero-order valence-corrected chi connectivity index (χ0v) is 10.3. The van der Waals surface area contributed by atoms with Crippen molar-refractivity contribution in [2.75, 3.05) is 5.32 Å². The number of amides is 1. The van der Waals surface area contributed by atoms with Crippen molar-refractivity contribution >= 4 is 11.6 Å². The van der Waals surface area contributed by atoms with E-state index in [2.05, 4.69) is 5.32 Å². The van der Waals surface area contributed by atoms with Gasteiger partial charge in [0.1, 0.15) is 5.82 Å². The van der Waals surface area contributed by atoms with E-state index in [1.807, 2.05) is 6.07 Å². The number of benzene rings is 2. The molecule has 2 rings (SSSR count). The summed E-state index contributed by atoms with van der Waals surface area (Å²) in [5.41, 5.74) is 1.93. The van der Waals surface area contributed by atoms with Gasteiger partial charge in [0.05, 0.1) is 11.6 Å². The average Bonchev–Trinajstić information content (AvgIpc) is 2.41. The van der Waals surface area contributed by atoms with Crippen molar-refractivity contribution in [2.24, 2.45) is 0 Å². The first kappa shape index (κ1) is 12.8. The van der Waals surface area contributed by atoms with Crippen molar-refractivity contribution in [3.63, 3.8) is 0 Å². The Morgan fingerprint density at radius 3 is 2.79 bits per heavy atom. The standard InChI is InChI=1S/C15H11FN2O/c1-10-5-6-12(16)8-14(10)15(19)18-13-4-2-3-11(7-13)9-17/h2-8H,1H3,(H,18,19). The maximum Gasteiger partial charge on any atom is 0.256 e. The molecule has 94 valence electrons. The number of halogens is 1. The normalized spacial score (nSPS) is 9.74. The molecule has 0 fully saturated rings. The molecule has 1 amide bonds. The summed E-state index contributed by atoms with van der Waals surface area (Å²) < 4.78 is 13.1. The minimum Gasteiger partial charge on any atom is -0.322 e. The number of hydrogen-bond donors (Lipinski definition) is 1. The molecular formula is C15H11FN2O. The van der Waals surface area contributed by atoms with Gasteiger partial charge in [0.15, 0.2) is 0 Å². The summed E-state index contributed by atoms with van der Waals surface area (Å²) in [4.78, 5) is 12.0. The van der Waals surface area contributed by atoms with Crippen molar-refractivity contribution < 1.29 is 9.18 Å². The number of anilines is 1. The summed E-state index contributed by atoms with van der Waals surface area (Å²) in [7, 11) is 0. The zero-order chi connectivity index (χ0) is 13.8. The van der Waals surface area contributed by atoms with Crippen molar-refractivity contribution in [1.82, 2.24) is 0 Å². The van der Waals surface area contributed by atoms with Crippen LogP contribution < -0.4 is 5.32 Å². The number of carbonyl (C=O) groups excluding carboxylic acids is 1. The Hall–Kier alpha value is -2.67. The SMILES string of the molecule is Cc1ccc(F)cc1C(=O)Nc1cccc(C#N)c1. The Bertz CT molecular complexity index is 674. The highest BCUT2D eigenvalue weighted by Gasteiger charge is 2.10. The maximum absolute atomic E-state index is 13.1. The van der Waals surface area contributed by atoms with Crippen LogP contribution in [0.3, 0.4) is 0 Å². The lowest BCUT2D eigenvalue weighted by atomic mass is 10.1. The molecule has 0 aliphatic rings. The Morgan fingerprint density at radius 1 is 1.26 bits per heavy atom. The average molecular weight is 254 g/mol. The molecule has 0 heterocycles. The molecule has 2 aromatic rings. The van der Waals surface area contributed by atoms with Gasteiger partial charge in [-0.1, -0.05) is 12.1 Å². The first-order chi connectivity index (χ1) is 9.10. The molecule has 0 saturated heterocycles. The Kier molecular flexibility index (Phi) is 3.58. The lowest BCUT2D eigenvalue weighted by Gasteiger charge is -2.08. The monoisotopic (exact) mass is 254 g/mol. The van der Waals surface area contributed by atoms with E-state index in [4.69, 9.17) is 5.26 Å². The molecule has 0 saturated carbocycles. The van der Waals surface area contributed by atoms with E-state index in [1.54, 1.807) is 37.3 Å². The maximum atomic E-state index is 13.1. The van der Waals surface area contributed by atoms with E-state index in [0.717, 1.165) is 0 Å². The summed E-state index contributed by atoms with van der Waals surface area (Å²) >= 11 is 0. The third-order valence-electron chi connectivity index (χ3n) is 2.69. The Balaban J connectivity index is 2.26. The predicted octanol–water partition coefficient (Wildman–Crippen LogP) is 3.26. The molecule has 0 bridgehead atoms. The lowest BCUT2D eigenvalue weighted by molar-refractivity contribution is 0.102. The van der Waals surface area contributed by atoms with Crippen molar-refractivity contribution in [1.29, 1.82) is 5.26 Å². The fourth-order valence-corrected chi connectivity index (χ4v) is 1.70. The summed E-state index contributed by atoms with van der Waals surface area (Å²) in [6.45, 7) is 1.74. The predicted molar refractivity (Wildman–Crippen MR) is 70.2 cm³/mol. The first-order valence-corrected chi connectivity index (χ1v) is 5.68.